The minimum Gasteiger partial charge on any atom is -0.756 e. The second-order valence-corrected chi connectivity index (χ2v) is 22.3. The van der Waals surface area contributed by atoms with Crippen molar-refractivity contribution in [3.05, 3.63) is 109 Å². The number of carbonyl (C=O) groups is 2. The molecule has 0 rings (SSSR count). The van der Waals surface area contributed by atoms with Gasteiger partial charge < -0.3 is 28.5 Å². The number of ether oxygens (including phenoxy) is 1. The Labute approximate surface area is 455 Å². The first-order valence-electron chi connectivity index (χ1n) is 29.8. The molecule has 3 atom stereocenters. The average molecular weight is 1050 g/mol. The number of nitrogens with zero attached hydrogens (tertiary/aromatic N) is 1. The van der Waals surface area contributed by atoms with Crippen molar-refractivity contribution < 1.29 is 37.3 Å². The van der Waals surface area contributed by atoms with E-state index in [0.717, 1.165) is 77.0 Å². The highest BCUT2D eigenvalue weighted by molar-refractivity contribution is 7.45. The maximum absolute atomic E-state index is 13.5. The van der Waals surface area contributed by atoms with Crippen LogP contribution in [0.15, 0.2) is 109 Å². The zero-order chi connectivity index (χ0) is 54.3. The highest BCUT2D eigenvalue weighted by atomic mass is 31.2. The van der Waals surface area contributed by atoms with Gasteiger partial charge in [-0.2, -0.15) is 0 Å². The number of hydrogen-bond donors (Lipinski definition) is 1. The van der Waals surface area contributed by atoms with Crippen LogP contribution in [0, 0.1) is 0 Å². The SMILES string of the molecule is CC\C=C/C=C/C=C/C=C\C=C\C=C\CCCCCC(=O)NC(COP(=O)([O-])OCC[N+](C)(C)C)C(/C=C/CCCCCCCCCCCC)OC(=O)CCCCCCCCCCC/C=C\C/C=C\CCCCC. The van der Waals surface area contributed by atoms with Crippen molar-refractivity contribution in [1.82, 2.24) is 5.32 Å². The highest BCUT2D eigenvalue weighted by Gasteiger charge is 2.27. The van der Waals surface area contributed by atoms with E-state index in [1.807, 2.05) is 94.1 Å². The Morgan fingerprint density at radius 1 is 0.500 bits per heavy atom. The molecule has 0 saturated carbocycles. The first-order valence-corrected chi connectivity index (χ1v) is 31.2. The van der Waals surface area contributed by atoms with Crippen LogP contribution in [-0.4, -0.2) is 69.4 Å². The Kier molecular flexibility index (Phi) is 50.7. The lowest BCUT2D eigenvalue weighted by molar-refractivity contribution is -0.870. The highest BCUT2D eigenvalue weighted by Crippen LogP contribution is 2.38. The molecule has 9 nitrogen and oxygen atoms in total. The molecule has 0 spiro atoms. The fourth-order valence-corrected chi connectivity index (χ4v) is 8.72. The normalized spacial score (nSPS) is 14.5. The number of carbonyl (C=O) groups excluding carboxylic acids is 2. The van der Waals surface area contributed by atoms with E-state index in [-0.39, 0.29) is 31.3 Å². The second kappa shape index (κ2) is 53.1. The van der Waals surface area contributed by atoms with Crippen LogP contribution in [0.2, 0.25) is 0 Å². The molecule has 1 N–H and O–H groups in total. The van der Waals surface area contributed by atoms with Gasteiger partial charge in [-0.1, -0.05) is 246 Å². The summed E-state index contributed by atoms with van der Waals surface area (Å²) in [5, 5.41) is 2.99. The van der Waals surface area contributed by atoms with Crippen LogP contribution in [-0.2, 0) is 27.9 Å². The third-order valence-corrected chi connectivity index (χ3v) is 13.6. The summed E-state index contributed by atoms with van der Waals surface area (Å²) in [6.45, 7) is 6.62. The summed E-state index contributed by atoms with van der Waals surface area (Å²) in [6, 6.07) is -0.920. The third-order valence-electron chi connectivity index (χ3n) is 12.6. The van der Waals surface area contributed by atoms with Crippen molar-refractivity contribution in [3.63, 3.8) is 0 Å². The lowest BCUT2D eigenvalue weighted by atomic mass is 10.0. The van der Waals surface area contributed by atoms with Crippen molar-refractivity contribution in [3.8, 4) is 0 Å². The van der Waals surface area contributed by atoms with Crippen molar-refractivity contribution in [1.29, 1.82) is 0 Å². The summed E-state index contributed by atoms with van der Waals surface area (Å²) < 4.78 is 30.2. The van der Waals surface area contributed by atoms with Crippen molar-refractivity contribution in [2.24, 2.45) is 0 Å². The Morgan fingerprint density at radius 3 is 1.45 bits per heavy atom. The van der Waals surface area contributed by atoms with E-state index < -0.39 is 26.6 Å². The van der Waals surface area contributed by atoms with E-state index in [9.17, 15) is 19.0 Å². The first kappa shape index (κ1) is 70.7. The van der Waals surface area contributed by atoms with Gasteiger partial charge in [0.2, 0.25) is 5.91 Å². The van der Waals surface area contributed by atoms with Crippen molar-refractivity contribution in [2.75, 3.05) is 40.9 Å². The molecule has 0 aliphatic rings. The predicted molar refractivity (Wildman–Crippen MR) is 316 cm³/mol. The molecule has 0 aliphatic carbocycles. The predicted octanol–water partition coefficient (Wildman–Crippen LogP) is 17.5. The van der Waals surface area contributed by atoms with Gasteiger partial charge in [0.05, 0.1) is 33.8 Å². The molecule has 74 heavy (non-hydrogen) atoms. The lowest BCUT2D eigenvalue weighted by Crippen LogP contribution is -2.47. The number of rotatable bonds is 52. The van der Waals surface area contributed by atoms with Crippen LogP contribution in [0.1, 0.15) is 233 Å². The van der Waals surface area contributed by atoms with Gasteiger partial charge in [0.25, 0.3) is 7.82 Å². The van der Waals surface area contributed by atoms with E-state index in [1.54, 1.807) is 0 Å². The number of unbranched alkanes of at least 4 members (excludes halogenated alkanes) is 25. The van der Waals surface area contributed by atoms with E-state index in [1.165, 1.54) is 109 Å². The Bertz CT molecular complexity index is 1640. The van der Waals surface area contributed by atoms with Crippen LogP contribution < -0.4 is 10.2 Å². The first-order chi connectivity index (χ1) is 35.9. The van der Waals surface area contributed by atoms with E-state index in [2.05, 4.69) is 62.5 Å². The molecule has 3 unspecified atom stereocenters. The smallest absolute Gasteiger partial charge is 0.306 e. The van der Waals surface area contributed by atoms with Crippen LogP contribution in [0.5, 0.6) is 0 Å². The fourth-order valence-electron chi connectivity index (χ4n) is 7.99. The third kappa shape index (κ3) is 53.5. The molecule has 0 heterocycles. The van der Waals surface area contributed by atoms with Gasteiger partial charge in [0.15, 0.2) is 0 Å². The van der Waals surface area contributed by atoms with Gasteiger partial charge in [-0.15, -0.1) is 0 Å². The summed E-state index contributed by atoms with van der Waals surface area (Å²) in [4.78, 5) is 39.9. The molecule has 0 saturated heterocycles. The van der Waals surface area contributed by atoms with Gasteiger partial charge in [-0.25, -0.2) is 0 Å². The molecule has 0 aromatic carbocycles. The quantitative estimate of drug-likeness (QED) is 0.0161. The lowest BCUT2D eigenvalue weighted by Gasteiger charge is -2.30. The number of esters is 1. The van der Waals surface area contributed by atoms with E-state index in [0.29, 0.717) is 23.9 Å². The number of nitrogens with one attached hydrogen (secondary N) is 1. The summed E-state index contributed by atoms with van der Waals surface area (Å²) in [7, 11) is 1.13. The largest absolute Gasteiger partial charge is 0.756 e. The number of amides is 1. The van der Waals surface area contributed by atoms with Crippen LogP contribution in [0.25, 0.3) is 0 Å². The van der Waals surface area contributed by atoms with Gasteiger partial charge in [0.1, 0.15) is 19.3 Å². The molecular weight excluding hydrogens is 940 g/mol. The second-order valence-electron chi connectivity index (χ2n) is 20.9. The van der Waals surface area contributed by atoms with Crippen LogP contribution in [0.3, 0.4) is 0 Å². The summed E-state index contributed by atoms with van der Waals surface area (Å²) in [5.74, 6) is -0.603. The molecule has 0 aliphatic heterocycles. The summed E-state index contributed by atoms with van der Waals surface area (Å²) >= 11 is 0. The molecular formula is C64H111N2O7P. The monoisotopic (exact) mass is 1050 g/mol. The number of allylic oxidation sites excluding steroid dienone is 17. The molecule has 0 aromatic heterocycles. The van der Waals surface area contributed by atoms with E-state index in [4.69, 9.17) is 13.8 Å². The Hall–Kier alpha value is -3.33. The molecule has 0 fully saturated rings. The summed E-state index contributed by atoms with van der Waals surface area (Å²) in [5.41, 5.74) is 0. The number of phosphoric ester groups is 1. The zero-order valence-corrected chi connectivity index (χ0v) is 49.1. The number of likely N-dealkylation sites (N-methyl/N-ethyl adjacent to an activating group) is 1. The molecule has 0 radical (unpaired) electrons. The van der Waals surface area contributed by atoms with Gasteiger partial charge in [-0.3, -0.25) is 14.2 Å². The fraction of sp³-hybridized carbons (Fsp3) is 0.688. The Morgan fingerprint density at radius 2 is 0.919 bits per heavy atom. The van der Waals surface area contributed by atoms with Gasteiger partial charge in [-0.05, 0) is 83.1 Å². The summed E-state index contributed by atoms with van der Waals surface area (Å²) in [6.07, 6.45) is 71.9. The molecule has 1 amide bonds. The maximum Gasteiger partial charge on any atom is 0.306 e. The number of phosphoric acid groups is 1. The topological polar surface area (TPSA) is 114 Å². The molecule has 424 valence electrons. The standard InChI is InChI=1S/C64H111N2O7P/c1-7-10-13-16-19-22-25-28-30-32-33-35-37-39-42-45-48-51-54-57-64(68)73-62(55-52-49-46-43-40-27-24-21-18-15-12-9-3)61(60-72-74(69,70)71-59-58-66(4,5)6)65-63(67)56-53-50-47-44-41-38-36-34-31-29-26-23-20-17-14-11-8-2/h11,14,17,19-20,22-23,26,28-31,34,36,38,41,52,55,61-62H,7-10,12-13,15-16,18,21,24-25,27,32-33,35,37,39-40,42-51,53-54,56-60H2,1-6H3,(H-,65,67,69,70)/b14-11-,20-17+,22-19-,26-23+,30-28-,31-29-,36-34+,41-38+,55-52+. The van der Waals surface area contributed by atoms with Crippen LogP contribution >= 0.6 is 7.82 Å². The molecule has 0 aromatic rings. The van der Waals surface area contributed by atoms with Crippen molar-refractivity contribution in [2.45, 2.75) is 245 Å². The number of hydrogen-bond acceptors (Lipinski definition) is 7. The van der Waals surface area contributed by atoms with Gasteiger partial charge in [0, 0.05) is 12.8 Å². The van der Waals surface area contributed by atoms with Gasteiger partial charge >= 0.3 is 5.97 Å². The zero-order valence-electron chi connectivity index (χ0n) is 48.3. The average Bonchev–Trinajstić information content (AvgIpc) is 3.36. The minimum absolute atomic E-state index is 0.0379. The van der Waals surface area contributed by atoms with E-state index >= 15 is 0 Å². The number of quaternary nitrogens is 1. The molecule has 10 heteroatoms. The van der Waals surface area contributed by atoms with Crippen LogP contribution in [0.4, 0.5) is 0 Å². The maximum atomic E-state index is 13.5. The minimum atomic E-state index is -4.72. The molecule has 0 bridgehead atoms. The Balaban J connectivity index is 5.40. The van der Waals surface area contributed by atoms with Crippen molar-refractivity contribution >= 4 is 19.7 Å².